The molecule has 0 aliphatic carbocycles. The van der Waals surface area contributed by atoms with Gasteiger partial charge >= 0.3 is 0 Å². The number of rotatable bonds is 1. The molecule has 0 saturated carbocycles. The molecular formula is C8H7N3OS. The molecule has 0 saturated heterocycles. The predicted octanol–water partition coefficient (Wildman–Crippen LogP) is 0.900. The Morgan fingerprint density at radius 3 is 3.15 bits per heavy atom. The molecule has 0 aromatic carbocycles. The SMILES string of the molecule is NNC(=O)c1cc2cccnc2s1. The molecule has 0 fully saturated rings. The van der Waals surface area contributed by atoms with Crippen molar-refractivity contribution in [2.45, 2.75) is 0 Å². The van der Waals surface area contributed by atoms with Crippen molar-refractivity contribution in [2.75, 3.05) is 0 Å². The van der Waals surface area contributed by atoms with Crippen LogP contribution in [0, 0.1) is 0 Å². The van der Waals surface area contributed by atoms with E-state index in [9.17, 15) is 4.79 Å². The van der Waals surface area contributed by atoms with Crippen LogP contribution in [0.5, 0.6) is 0 Å². The lowest BCUT2D eigenvalue weighted by Crippen LogP contribution is -2.29. The number of nitrogens with one attached hydrogen (secondary N) is 1. The van der Waals surface area contributed by atoms with Gasteiger partial charge in [0.25, 0.3) is 5.91 Å². The highest BCUT2D eigenvalue weighted by molar-refractivity contribution is 7.20. The van der Waals surface area contributed by atoms with E-state index in [2.05, 4.69) is 10.4 Å². The van der Waals surface area contributed by atoms with Gasteiger partial charge in [0.15, 0.2) is 0 Å². The summed E-state index contributed by atoms with van der Waals surface area (Å²) >= 11 is 1.33. The molecule has 0 unspecified atom stereocenters. The van der Waals surface area contributed by atoms with Crippen LogP contribution in [0.2, 0.25) is 0 Å². The number of thiophene rings is 1. The maximum absolute atomic E-state index is 11.1. The molecule has 3 N–H and O–H groups in total. The minimum Gasteiger partial charge on any atom is -0.289 e. The first-order valence-electron chi connectivity index (χ1n) is 3.67. The molecule has 2 aromatic heterocycles. The second kappa shape index (κ2) is 3.12. The molecule has 0 bridgehead atoms. The van der Waals surface area contributed by atoms with Crippen LogP contribution in [0.25, 0.3) is 10.2 Å². The summed E-state index contributed by atoms with van der Waals surface area (Å²) < 4.78 is 0. The van der Waals surface area contributed by atoms with E-state index in [0.717, 1.165) is 10.2 Å². The summed E-state index contributed by atoms with van der Waals surface area (Å²) in [6.07, 6.45) is 1.70. The maximum Gasteiger partial charge on any atom is 0.275 e. The van der Waals surface area contributed by atoms with Crippen molar-refractivity contribution < 1.29 is 4.79 Å². The molecule has 0 atom stereocenters. The van der Waals surface area contributed by atoms with Crippen LogP contribution in [-0.2, 0) is 0 Å². The molecule has 0 spiro atoms. The van der Waals surface area contributed by atoms with Crippen LogP contribution < -0.4 is 11.3 Å². The van der Waals surface area contributed by atoms with Gasteiger partial charge in [-0.1, -0.05) is 6.07 Å². The zero-order valence-corrected chi connectivity index (χ0v) is 7.47. The molecule has 1 amide bonds. The Bertz CT molecular complexity index is 418. The second-order valence-electron chi connectivity index (χ2n) is 2.48. The molecule has 13 heavy (non-hydrogen) atoms. The number of hydrogen-bond donors (Lipinski definition) is 2. The predicted molar refractivity (Wildman–Crippen MR) is 51.3 cm³/mol. The third-order valence-corrected chi connectivity index (χ3v) is 2.71. The number of hydrogen-bond acceptors (Lipinski definition) is 4. The van der Waals surface area contributed by atoms with Gasteiger partial charge in [-0.2, -0.15) is 0 Å². The minimum atomic E-state index is -0.275. The summed E-state index contributed by atoms with van der Waals surface area (Å²) in [6, 6.07) is 5.51. The lowest BCUT2D eigenvalue weighted by Gasteiger charge is -1.90. The molecule has 2 aromatic rings. The fraction of sp³-hybridized carbons (Fsp3) is 0. The number of nitrogen functional groups attached to an aromatic ring is 1. The summed E-state index contributed by atoms with van der Waals surface area (Å²) in [6.45, 7) is 0. The van der Waals surface area contributed by atoms with Crippen molar-refractivity contribution in [3.63, 3.8) is 0 Å². The highest BCUT2D eigenvalue weighted by Crippen LogP contribution is 2.22. The van der Waals surface area contributed by atoms with E-state index in [4.69, 9.17) is 5.84 Å². The van der Waals surface area contributed by atoms with Crippen molar-refractivity contribution in [1.82, 2.24) is 10.4 Å². The summed E-state index contributed by atoms with van der Waals surface area (Å²) in [4.78, 5) is 16.7. The third-order valence-electron chi connectivity index (χ3n) is 1.65. The van der Waals surface area contributed by atoms with Crippen molar-refractivity contribution >= 4 is 27.5 Å². The maximum atomic E-state index is 11.1. The Kier molecular flexibility index (Phi) is 1.96. The summed E-state index contributed by atoms with van der Waals surface area (Å²) in [7, 11) is 0. The van der Waals surface area contributed by atoms with Gasteiger partial charge < -0.3 is 0 Å². The lowest BCUT2D eigenvalue weighted by atomic mass is 10.3. The fourth-order valence-corrected chi connectivity index (χ4v) is 1.96. The molecule has 0 radical (unpaired) electrons. The number of carbonyl (C=O) groups excluding carboxylic acids is 1. The third kappa shape index (κ3) is 1.39. The Labute approximate surface area is 78.4 Å². The normalized spacial score (nSPS) is 10.2. The highest BCUT2D eigenvalue weighted by Gasteiger charge is 2.08. The number of fused-ring (bicyclic) bond motifs is 1. The Hall–Kier alpha value is -1.46. The summed E-state index contributed by atoms with van der Waals surface area (Å²) in [5, 5.41) is 0.964. The van der Waals surface area contributed by atoms with Gasteiger partial charge in [0.05, 0.1) is 4.88 Å². The molecule has 5 heteroatoms. The van der Waals surface area contributed by atoms with Crippen LogP contribution in [-0.4, -0.2) is 10.9 Å². The quantitative estimate of drug-likeness (QED) is 0.401. The lowest BCUT2D eigenvalue weighted by molar-refractivity contribution is 0.0958. The number of amides is 1. The van der Waals surface area contributed by atoms with Gasteiger partial charge in [0, 0.05) is 11.6 Å². The molecule has 2 heterocycles. The van der Waals surface area contributed by atoms with Crippen molar-refractivity contribution in [3.8, 4) is 0 Å². The Morgan fingerprint density at radius 1 is 1.62 bits per heavy atom. The van der Waals surface area contributed by atoms with Gasteiger partial charge in [-0.25, -0.2) is 10.8 Å². The number of aromatic nitrogens is 1. The molecule has 0 aliphatic heterocycles. The first kappa shape index (κ1) is 8.15. The van der Waals surface area contributed by atoms with E-state index < -0.39 is 0 Å². The fourth-order valence-electron chi connectivity index (χ4n) is 1.06. The van der Waals surface area contributed by atoms with Crippen LogP contribution in [0.3, 0.4) is 0 Å². The Balaban J connectivity index is 2.56. The van der Waals surface area contributed by atoms with Gasteiger partial charge in [0.1, 0.15) is 4.83 Å². The van der Waals surface area contributed by atoms with E-state index in [0.29, 0.717) is 4.88 Å². The molecule has 0 aliphatic rings. The van der Waals surface area contributed by atoms with Gasteiger partial charge in [-0.05, 0) is 12.1 Å². The van der Waals surface area contributed by atoms with E-state index in [1.165, 1.54) is 11.3 Å². The molecule has 4 nitrogen and oxygen atoms in total. The number of nitrogens with zero attached hydrogens (tertiary/aromatic N) is 1. The van der Waals surface area contributed by atoms with Crippen LogP contribution in [0.15, 0.2) is 24.4 Å². The van der Waals surface area contributed by atoms with E-state index in [1.54, 1.807) is 12.3 Å². The van der Waals surface area contributed by atoms with Crippen LogP contribution >= 0.6 is 11.3 Å². The number of hydrazine groups is 1. The molecule has 66 valence electrons. The smallest absolute Gasteiger partial charge is 0.275 e. The second-order valence-corrected chi connectivity index (χ2v) is 3.51. The van der Waals surface area contributed by atoms with Crippen molar-refractivity contribution in [1.29, 1.82) is 0 Å². The number of carbonyl (C=O) groups is 1. The van der Waals surface area contributed by atoms with Gasteiger partial charge in [-0.15, -0.1) is 11.3 Å². The molecular weight excluding hydrogens is 186 g/mol. The number of nitrogens with two attached hydrogens (primary N) is 1. The zero-order valence-electron chi connectivity index (χ0n) is 6.65. The molecule has 2 rings (SSSR count). The Morgan fingerprint density at radius 2 is 2.46 bits per heavy atom. The van der Waals surface area contributed by atoms with Crippen molar-refractivity contribution in [2.24, 2.45) is 5.84 Å². The van der Waals surface area contributed by atoms with Gasteiger partial charge in [0.2, 0.25) is 0 Å². The van der Waals surface area contributed by atoms with Crippen molar-refractivity contribution in [3.05, 3.63) is 29.3 Å². The largest absolute Gasteiger partial charge is 0.289 e. The topological polar surface area (TPSA) is 68.0 Å². The van der Waals surface area contributed by atoms with Gasteiger partial charge in [-0.3, -0.25) is 10.2 Å². The zero-order chi connectivity index (χ0) is 9.26. The average Bonchev–Trinajstić information content (AvgIpc) is 2.59. The average molecular weight is 193 g/mol. The number of pyridine rings is 1. The summed E-state index contributed by atoms with van der Waals surface area (Å²) in [5.41, 5.74) is 2.09. The summed E-state index contributed by atoms with van der Waals surface area (Å²) in [5.74, 6) is 4.74. The van der Waals surface area contributed by atoms with Crippen LogP contribution in [0.1, 0.15) is 9.67 Å². The highest BCUT2D eigenvalue weighted by atomic mass is 32.1. The van der Waals surface area contributed by atoms with E-state index >= 15 is 0 Å². The standard InChI is InChI=1S/C8H7N3OS/c9-11-7(12)6-4-5-2-1-3-10-8(5)13-6/h1-4H,9H2,(H,11,12). The minimum absolute atomic E-state index is 0.275. The first-order chi connectivity index (χ1) is 6.31. The monoisotopic (exact) mass is 193 g/mol. The van der Waals surface area contributed by atoms with E-state index in [-0.39, 0.29) is 5.91 Å². The first-order valence-corrected chi connectivity index (χ1v) is 4.48. The van der Waals surface area contributed by atoms with Crippen LogP contribution in [0.4, 0.5) is 0 Å². The van der Waals surface area contributed by atoms with E-state index in [1.807, 2.05) is 12.1 Å².